The zero-order chi connectivity index (χ0) is 13.9. The fourth-order valence-electron chi connectivity index (χ4n) is 2.67. The Morgan fingerprint density at radius 3 is 2.58 bits per heavy atom. The van der Waals surface area contributed by atoms with E-state index in [0.717, 1.165) is 17.6 Å². The molecular weight excluding hydrogens is 326 g/mol. The average Bonchev–Trinajstić information content (AvgIpc) is 2.83. The third kappa shape index (κ3) is 3.72. The van der Waals surface area contributed by atoms with Gasteiger partial charge < -0.3 is 4.90 Å². The zero-order valence-corrected chi connectivity index (χ0v) is 13.6. The number of halogens is 1. The van der Waals surface area contributed by atoms with Crippen LogP contribution in [-0.4, -0.2) is 32.6 Å². The molecule has 2 rings (SSSR count). The van der Waals surface area contributed by atoms with E-state index in [9.17, 15) is 8.42 Å². The SMILES string of the molecule is CS(=O)(=O)c1ccc(N2CCCC2CCCBr)cc1. The molecular formula is C14H20BrNO2S. The highest BCUT2D eigenvalue weighted by Gasteiger charge is 2.24. The molecule has 1 aromatic carbocycles. The first-order valence-corrected chi connectivity index (χ1v) is 9.66. The van der Waals surface area contributed by atoms with Gasteiger partial charge in [0, 0.05) is 29.9 Å². The Hall–Kier alpha value is -0.550. The van der Waals surface area contributed by atoms with Gasteiger partial charge in [-0.15, -0.1) is 0 Å². The predicted octanol–water partition coefficient (Wildman–Crippen LogP) is 3.23. The molecule has 1 saturated heterocycles. The number of anilines is 1. The molecule has 5 heteroatoms. The highest BCUT2D eigenvalue weighted by atomic mass is 79.9. The van der Waals surface area contributed by atoms with Gasteiger partial charge in [-0.1, -0.05) is 15.9 Å². The third-order valence-corrected chi connectivity index (χ3v) is 5.33. The Morgan fingerprint density at radius 1 is 1.32 bits per heavy atom. The molecule has 1 heterocycles. The highest BCUT2D eigenvalue weighted by Crippen LogP contribution is 2.29. The Bertz CT molecular complexity index is 513. The summed E-state index contributed by atoms with van der Waals surface area (Å²) in [6.07, 6.45) is 6.08. The molecule has 0 aliphatic carbocycles. The quantitative estimate of drug-likeness (QED) is 0.768. The third-order valence-electron chi connectivity index (χ3n) is 3.64. The molecule has 1 aromatic rings. The number of hydrogen-bond donors (Lipinski definition) is 0. The smallest absolute Gasteiger partial charge is 0.175 e. The highest BCUT2D eigenvalue weighted by molar-refractivity contribution is 9.09. The number of hydrogen-bond acceptors (Lipinski definition) is 3. The topological polar surface area (TPSA) is 37.4 Å². The molecule has 0 N–H and O–H groups in total. The lowest BCUT2D eigenvalue weighted by molar-refractivity contribution is 0.601. The van der Waals surface area contributed by atoms with Crippen LogP contribution in [0.15, 0.2) is 29.2 Å². The van der Waals surface area contributed by atoms with Crippen molar-refractivity contribution < 1.29 is 8.42 Å². The van der Waals surface area contributed by atoms with Crippen LogP contribution in [0.1, 0.15) is 25.7 Å². The molecule has 1 aliphatic heterocycles. The monoisotopic (exact) mass is 345 g/mol. The fourth-order valence-corrected chi connectivity index (χ4v) is 3.63. The van der Waals surface area contributed by atoms with Crippen LogP contribution in [0.5, 0.6) is 0 Å². The van der Waals surface area contributed by atoms with E-state index in [-0.39, 0.29) is 0 Å². The predicted molar refractivity (Wildman–Crippen MR) is 82.9 cm³/mol. The summed E-state index contributed by atoms with van der Waals surface area (Å²) in [7, 11) is -3.10. The van der Waals surface area contributed by atoms with Gasteiger partial charge in [0.2, 0.25) is 0 Å². The molecule has 0 spiro atoms. The number of alkyl halides is 1. The van der Waals surface area contributed by atoms with Crippen molar-refractivity contribution in [3.8, 4) is 0 Å². The summed E-state index contributed by atoms with van der Waals surface area (Å²) >= 11 is 3.48. The molecule has 1 atom stereocenters. The Morgan fingerprint density at radius 2 is 2.00 bits per heavy atom. The molecule has 106 valence electrons. The van der Waals surface area contributed by atoms with Crippen LogP contribution in [0, 0.1) is 0 Å². The summed E-state index contributed by atoms with van der Waals surface area (Å²) in [6, 6.07) is 7.89. The van der Waals surface area contributed by atoms with Crippen molar-refractivity contribution in [3.05, 3.63) is 24.3 Å². The van der Waals surface area contributed by atoms with Crippen molar-refractivity contribution >= 4 is 31.5 Å². The summed E-state index contributed by atoms with van der Waals surface area (Å²) in [4.78, 5) is 2.81. The Balaban J connectivity index is 2.13. The second kappa shape index (κ2) is 6.27. The molecule has 0 amide bonds. The molecule has 0 saturated carbocycles. The normalized spacial score (nSPS) is 19.9. The van der Waals surface area contributed by atoms with E-state index in [1.54, 1.807) is 12.1 Å². The van der Waals surface area contributed by atoms with E-state index in [0.29, 0.717) is 10.9 Å². The van der Waals surface area contributed by atoms with Crippen molar-refractivity contribution in [1.82, 2.24) is 0 Å². The van der Waals surface area contributed by atoms with Crippen LogP contribution in [0.2, 0.25) is 0 Å². The van der Waals surface area contributed by atoms with E-state index >= 15 is 0 Å². The van der Waals surface area contributed by atoms with Gasteiger partial charge in [-0.3, -0.25) is 0 Å². The minimum Gasteiger partial charge on any atom is -0.369 e. The molecule has 0 bridgehead atoms. The fraction of sp³-hybridized carbons (Fsp3) is 0.571. The van der Waals surface area contributed by atoms with Crippen molar-refractivity contribution in [2.24, 2.45) is 0 Å². The molecule has 0 aromatic heterocycles. The molecule has 1 unspecified atom stereocenters. The van der Waals surface area contributed by atoms with Gasteiger partial charge in [0.1, 0.15) is 0 Å². The van der Waals surface area contributed by atoms with E-state index in [4.69, 9.17) is 0 Å². The Kier molecular flexibility index (Phi) is 4.90. The van der Waals surface area contributed by atoms with Gasteiger partial charge in [-0.05, 0) is 49.9 Å². The molecule has 3 nitrogen and oxygen atoms in total. The summed E-state index contributed by atoms with van der Waals surface area (Å²) in [5, 5.41) is 1.05. The number of sulfone groups is 1. The molecule has 1 aliphatic rings. The first kappa shape index (κ1) is 14.9. The second-order valence-corrected chi connectivity index (χ2v) is 7.90. The van der Waals surface area contributed by atoms with Crippen LogP contribution in [0.3, 0.4) is 0 Å². The molecule has 19 heavy (non-hydrogen) atoms. The van der Waals surface area contributed by atoms with Crippen LogP contribution in [0.25, 0.3) is 0 Å². The minimum atomic E-state index is -3.10. The first-order chi connectivity index (χ1) is 9.02. The van der Waals surface area contributed by atoms with Crippen LogP contribution in [-0.2, 0) is 9.84 Å². The maximum absolute atomic E-state index is 11.5. The van der Waals surface area contributed by atoms with Gasteiger partial charge in [0.05, 0.1) is 4.90 Å². The van der Waals surface area contributed by atoms with Gasteiger partial charge in [0.25, 0.3) is 0 Å². The van der Waals surface area contributed by atoms with Crippen molar-refractivity contribution in [1.29, 1.82) is 0 Å². The van der Waals surface area contributed by atoms with Crippen LogP contribution >= 0.6 is 15.9 Å². The number of benzene rings is 1. The lowest BCUT2D eigenvalue weighted by Gasteiger charge is -2.27. The lowest BCUT2D eigenvalue weighted by Crippen LogP contribution is -2.29. The lowest BCUT2D eigenvalue weighted by atomic mass is 10.1. The van der Waals surface area contributed by atoms with E-state index < -0.39 is 9.84 Å². The number of rotatable bonds is 5. The van der Waals surface area contributed by atoms with Crippen LogP contribution in [0.4, 0.5) is 5.69 Å². The van der Waals surface area contributed by atoms with Gasteiger partial charge in [-0.25, -0.2) is 8.42 Å². The van der Waals surface area contributed by atoms with Crippen LogP contribution < -0.4 is 4.90 Å². The van der Waals surface area contributed by atoms with E-state index in [1.165, 1.54) is 31.9 Å². The van der Waals surface area contributed by atoms with Gasteiger partial charge in [-0.2, -0.15) is 0 Å². The van der Waals surface area contributed by atoms with Crippen molar-refractivity contribution in [3.63, 3.8) is 0 Å². The maximum Gasteiger partial charge on any atom is 0.175 e. The summed E-state index contributed by atoms with van der Waals surface area (Å²) < 4.78 is 22.9. The second-order valence-electron chi connectivity index (χ2n) is 5.09. The van der Waals surface area contributed by atoms with Crippen molar-refractivity contribution in [2.75, 3.05) is 23.0 Å². The zero-order valence-electron chi connectivity index (χ0n) is 11.2. The Labute approximate surface area is 124 Å². The average molecular weight is 346 g/mol. The van der Waals surface area contributed by atoms with E-state index in [1.807, 2.05) is 12.1 Å². The van der Waals surface area contributed by atoms with Gasteiger partial charge >= 0.3 is 0 Å². The van der Waals surface area contributed by atoms with Crippen molar-refractivity contribution in [2.45, 2.75) is 36.6 Å². The minimum absolute atomic E-state index is 0.396. The summed E-state index contributed by atoms with van der Waals surface area (Å²) in [5.74, 6) is 0. The standard InChI is InChI=1S/C14H20BrNO2S/c1-19(17,18)14-8-6-13(7-9-14)16-11-3-5-12(16)4-2-10-15/h6-9,12H,2-5,10-11H2,1H3. The molecule has 1 fully saturated rings. The largest absolute Gasteiger partial charge is 0.369 e. The molecule has 0 radical (unpaired) electrons. The van der Waals surface area contributed by atoms with Gasteiger partial charge in [0.15, 0.2) is 9.84 Å². The number of nitrogens with zero attached hydrogens (tertiary/aromatic N) is 1. The summed E-state index contributed by atoms with van der Waals surface area (Å²) in [5.41, 5.74) is 1.14. The maximum atomic E-state index is 11.5. The summed E-state index contributed by atoms with van der Waals surface area (Å²) in [6.45, 7) is 1.07. The first-order valence-electron chi connectivity index (χ1n) is 6.65. The van der Waals surface area contributed by atoms with E-state index in [2.05, 4.69) is 20.8 Å².